The Balaban J connectivity index is 1.76. The molecule has 0 radical (unpaired) electrons. The largest absolute Gasteiger partial charge is 0.272 e. The molecule has 1 aromatic carbocycles. The van der Waals surface area contributed by atoms with Gasteiger partial charge in [-0.2, -0.15) is 5.10 Å². The first kappa shape index (κ1) is 14.2. The van der Waals surface area contributed by atoms with E-state index >= 15 is 0 Å². The molecule has 1 heterocycles. The van der Waals surface area contributed by atoms with Crippen molar-refractivity contribution < 1.29 is 4.79 Å². The number of hydrazone groups is 1. The van der Waals surface area contributed by atoms with Gasteiger partial charge in [0.25, 0.3) is 5.91 Å². The molecule has 0 aliphatic heterocycles. The fraction of sp³-hybridized carbons (Fsp3) is 0.143. The summed E-state index contributed by atoms with van der Waals surface area (Å²) in [6.45, 7) is 1.92. The van der Waals surface area contributed by atoms with Crippen molar-refractivity contribution in [3.8, 4) is 0 Å². The molecule has 1 amide bonds. The highest BCUT2D eigenvalue weighted by atomic mass is 32.2. The zero-order chi connectivity index (χ0) is 14.2. The maximum atomic E-state index is 11.6. The van der Waals surface area contributed by atoms with E-state index in [0.717, 1.165) is 11.1 Å². The fourth-order valence-corrected chi connectivity index (χ4v) is 1.91. The van der Waals surface area contributed by atoms with E-state index in [4.69, 9.17) is 0 Å². The molecule has 0 aliphatic rings. The van der Waals surface area contributed by atoms with Gasteiger partial charge in [-0.3, -0.25) is 4.79 Å². The van der Waals surface area contributed by atoms with Crippen LogP contribution in [0, 0.1) is 6.92 Å². The summed E-state index contributed by atoms with van der Waals surface area (Å²) in [4.78, 5) is 19.8. The number of carbonyl (C=O) groups excluding carboxylic acids is 1. The molecule has 0 bridgehead atoms. The highest BCUT2D eigenvalue weighted by molar-refractivity contribution is 7.99. The number of thioether (sulfide) groups is 1. The van der Waals surface area contributed by atoms with Gasteiger partial charge in [-0.15, -0.1) is 0 Å². The first-order valence-corrected chi connectivity index (χ1v) is 7.01. The van der Waals surface area contributed by atoms with Crippen LogP contribution in [0.1, 0.15) is 11.1 Å². The first-order chi connectivity index (χ1) is 9.74. The van der Waals surface area contributed by atoms with Crippen LogP contribution in [0.3, 0.4) is 0 Å². The van der Waals surface area contributed by atoms with Crippen LogP contribution in [0.25, 0.3) is 0 Å². The minimum Gasteiger partial charge on any atom is -0.272 e. The van der Waals surface area contributed by atoms with Gasteiger partial charge in [-0.25, -0.2) is 15.4 Å². The predicted octanol–water partition coefficient (Wildman–Crippen LogP) is 2.03. The Hall–Kier alpha value is -2.21. The van der Waals surface area contributed by atoms with E-state index in [0.29, 0.717) is 5.16 Å². The van der Waals surface area contributed by atoms with Gasteiger partial charge in [0.15, 0.2) is 5.16 Å². The lowest BCUT2D eigenvalue weighted by molar-refractivity contribution is -0.118. The zero-order valence-electron chi connectivity index (χ0n) is 11.0. The molecule has 1 aromatic heterocycles. The van der Waals surface area contributed by atoms with Crippen molar-refractivity contribution in [1.29, 1.82) is 0 Å². The normalized spacial score (nSPS) is 10.7. The Kier molecular flexibility index (Phi) is 5.25. The molecular weight excluding hydrogens is 272 g/mol. The van der Waals surface area contributed by atoms with Crippen LogP contribution in [0.4, 0.5) is 0 Å². The van der Waals surface area contributed by atoms with Crippen LogP contribution in [0.15, 0.2) is 53.0 Å². The number of aryl methyl sites for hydroxylation is 1. The average Bonchev–Trinajstić information content (AvgIpc) is 2.48. The molecule has 6 heteroatoms. The molecule has 5 nitrogen and oxygen atoms in total. The van der Waals surface area contributed by atoms with Crippen LogP contribution in [-0.2, 0) is 4.79 Å². The molecule has 0 aliphatic carbocycles. The second-order valence-electron chi connectivity index (χ2n) is 4.04. The number of amides is 1. The van der Waals surface area contributed by atoms with Crippen LogP contribution in [0.2, 0.25) is 0 Å². The Morgan fingerprint density at radius 2 is 2.00 bits per heavy atom. The lowest BCUT2D eigenvalue weighted by Gasteiger charge is -1.99. The minimum atomic E-state index is -0.189. The second-order valence-corrected chi connectivity index (χ2v) is 4.98. The van der Waals surface area contributed by atoms with E-state index in [9.17, 15) is 4.79 Å². The van der Waals surface area contributed by atoms with Gasteiger partial charge in [0.05, 0.1) is 12.0 Å². The number of hydrogen-bond donors (Lipinski definition) is 1. The van der Waals surface area contributed by atoms with Crippen molar-refractivity contribution in [2.24, 2.45) is 5.10 Å². The molecule has 2 aromatic rings. The monoisotopic (exact) mass is 286 g/mol. The van der Waals surface area contributed by atoms with Crippen LogP contribution < -0.4 is 5.43 Å². The van der Waals surface area contributed by atoms with Gasteiger partial charge in [0.2, 0.25) is 0 Å². The third-order valence-electron chi connectivity index (χ3n) is 2.29. The van der Waals surface area contributed by atoms with Gasteiger partial charge in [0.1, 0.15) is 0 Å². The number of rotatable bonds is 5. The number of hydrogen-bond acceptors (Lipinski definition) is 5. The molecular formula is C14H14N4OS. The van der Waals surface area contributed by atoms with E-state index in [-0.39, 0.29) is 11.7 Å². The topological polar surface area (TPSA) is 67.2 Å². The third-order valence-corrected chi connectivity index (χ3v) is 3.17. The van der Waals surface area contributed by atoms with Gasteiger partial charge >= 0.3 is 0 Å². The summed E-state index contributed by atoms with van der Waals surface area (Å²) < 4.78 is 0. The quantitative estimate of drug-likeness (QED) is 0.395. The van der Waals surface area contributed by atoms with Crippen molar-refractivity contribution in [3.05, 3.63) is 53.9 Å². The summed E-state index contributed by atoms with van der Waals surface area (Å²) in [6.07, 6.45) is 5.05. The van der Waals surface area contributed by atoms with Crippen LogP contribution >= 0.6 is 11.8 Å². The molecule has 0 saturated heterocycles. The molecule has 102 valence electrons. The zero-order valence-corrected chi connectivity index (χ0v) is 11.8. The summed E-state index contributed by atoms with van der Waals surface area (Å²) >= 11 is 1.28. The van der Waals surface area contributed by atoms with E-state index < -0.39 is 0 Å². The maximum Gasteiger partial charge on any atom is 0.250 e. The van der Waals surface area contributed by atoms with Crippen molar-refractivity contribution >= 4 is 23.9 Å². The average molecular weight is 286 g/mol. The second kappa shape index (κ2) is 7.40. The molecule has 0 saturated carbocycles. The van der Waals surface area contributed by atoms with E-state index in [2.05, 4.69) is 20.5 Å². The van der Waals surface area contributed by atoms with E-state index in [1.807, 2.05) is 37.3 Å². The van der Waals surface area contributed by atoms with Crippen molar-refractivity contribution in [2.45, 2.75) is 12.1 Å². The molecule has 0 atom stereocenters. The molecule has 0 spiro atoms. The lowest BCUT2D eigenvalue weighted by Crippen LogP contribution is -2.19. The number of nitrogens with zero attached hydrogens (tertiary/aromatic N) is 3. The molecule has 0 unspecified atom stereocenters. The Morgan fingerprint density at radius 1 is 1.30 bits per heavy atom. The van der Waals surface area contributed by atoms with Crippen molar-refractivity contribution in [3.63, 3.8) is 0 Å². The first-order valence-electron chi connectivity index (χ1n) is 6.02. The van der Waals surface area contributed by atoms with Gasteiger partial charge in [0, 0.05) is 12.4 Å². The number of carbonyl (C=O) groups is 1. The molecule has 0 fully saturated rings. The smallest absolute Gasteiger partial charge is 0.250 e. The van der Waals surface area contributed by atoms with Gasteiger partial charge < -0.3 is 0 Å². The summed E-state index contributed by atoms with van der Waals surface area (Å²) in [5.41, 5.74) is 4.39. The summed E-state index contributed by atoms with van der Waals surface area (Å²) in [5, 5.41) is 4.47. The minimum absolute atomic E-state index is 0.189. The van der Waals surface area contributed by atoms with E-state index in [1.165, 1.54) is 11.8 Å². The summed E-state index contributed by atoms with van der Waals surface area (Å²) in [5.74, 6) is 0.0428. The van der Waals surface area contributed by atoms with Crippen LogP contribution in [-0.4, -0.2) is 27.8 Å². The summed E-state index contributed by atoms with van der Waals surface area (Å²) in [6, 6.07) is 9.56. The van der Waals surface area contributed by atoms with Gasteiger partial charge in [-0.05, 0) is 18.1 Å². The molecule has 1 N–H and O–H groups in total. The highest BCUT2D eigenvalue weighted by Crippen LogP contribution is 2.10. The number of nitrogens with one attached hydrogen (secondary N) is 1. The van der Waals surface area contributed by atoms with Crippen molar-refractivity contribution in [2.75, 3.05) is 5.75 Å². The Bertz CT molecular complexity index is 584. The SMILES string of the molecule is Cc1cnc(SCC(=O)N/N=C\c2ccccc2)nc1. The van der Waals surface area contributed by atoms with Gasteiger partial charge in [-0.1, -0.05) is 42.1 Å². The fourth-order valence-electron chi connectivity index (χ4n) is 1.34. The molecule has 2 rings (SSSR count). The number of benzene rings is 1. The standard InChI is InChI=1S/C14H14N4OS/c1-11-7-15-14(16-8-11)20-10-13(19)18-17-9-12-5-3-2-4-6-12/h2-9H,10H2,1H3,(H,18,19)/b17-9-. The predicted molar refractivity (Wildman–Crippen MR) is 79.7 cm³/mol. The third kappa shape index (κ3) is 4.81. The van der Waals surface area contributed by atoms with Crippen LogP contribution in [0.5, 0.6) is 0 Å². The Morgan fingerprint density at radius 3 is 2.70 bits per heavy atom. The highest BCUT2D eigenvalue weighted by Gasteiger charge is 2.03. The summed E-state index contributed by atoms with van der Waals surface area (Å²) in [7, 11) is 0. The lowest BCUT2D eigenvalue weighted by atomic mass is 10.2. The number of aromatic nitrogens is 2. The maximum absolute atomic E-state index is 11.6. The van der Waals surface area contributed by atoms with Crippen molar-refractivity contribution in [1.82, 2.24) is 15.4 Å². The van der Waals surface area contributed by atoms with E-state index in [1.54, 1.807) is 18.6 Å². The Labute approximate surface area is 121 Å². The molecule has 20 heavy (non-hydrogen) atoms.